The summed E-state index contributed by atoms with van der Waals surface area (Å²) < 4.78 is 5.78. The van der Waals surface area contributed by atoms with E-state index in [1.165, 1.54) is 0 Å². The zero-order valence-electron chi connectivity index (χ0n) is 13.7. The first-order chi connectivity index (χ1) is 11.6. The summed E-state index contributed by atoms with van der Waals surface area (Å²) in [4.78, 5) is 12.3. The molecular formula is C19H22N2O3. The molecule has 1 saturated heterocycles. The van der Waals surface area contributed by atoms with Gasteiger partial charge in [-0.1, -0.05) is 12.1 Å². The molecular weight excluding hydrogens is 304 g/mol. The minimum atomic E-state index is -0.549. The highest BCUT2D eigenvalue weighted by atomic mass is 16.5. The molecule has 0 spiro atoms. The standard InChI is InChI=1S/C19H22N2O3/c1-13-3-2-4-16(11-13)24-15-7-5-14(6-8-15)19(23)21-17-9-10-20-12-18(17)22/h2-8,11,17-18,20,22H,9-10,12H2,1H3,(H,21,23)/t17-,18-/m1/s1. The number of nitrogens with one attached hydrogen (secondary N) is 2. The second-order valence-electron chi connectivity index (χ2n) is 6.08. The number of benzene rings is 2. The Bertz CT molecular complexity index is 700. The first kappa shape index (κ1) is 16.5. The highest BCUT2D eigenvalue weighted by Crippen LogP contribution is 2.22. The summed E-state index contributed by atoms with van der Waals surface area (Å²) in [5.41, 5.74) is 1.68. The smallest absolute Gasteiger partial charge is 0.251 e. The average Bonchev–Trinajstić information content (AvgIpc) is 2.57. The SMILES string of the molecule is Cc1cccc(Oc2ccc(C(=O)N[C@@H]3CCNC[C@H]3O)cc2)c1. The molecule has 1 heterocycles. The Morgan fingerprint density at radius 3 is 2.71 bits per heavy atom. The van der Waals surface area contributed by atoms with Crippen LogP contribution in [0, 0.1) is 6.92 Å². The van der Waals surface area contributed by atoms with Crippen LogP contribution < -0.4 is 15.4 Å². The normalized spacial score (nSPS) is 20.4. The molecule has 0 aromatic heterocycles. The zero-order valence-corrected chi connectivity index (χ0v) is 13.7. The zero-order chi connectivity index (χ0) is 16.9. The second-order valence-corrected chi connectivity index (χ2v) is 6.08. The third-order valence-corrected chi connectivity index (χ3v) is 4.11. The van der Waals surface area contributed by atoms with Crippen LogP contribution >= 0.6 is 0 Å². The number of hydrogen-bond acceptors (Lipinski definition) is 4. The molecule has 5 heteroatoms. The van der Waals surface area contributed by atoms with Gasteiger partial charge in [-0.15, -0.1) is 0 Å². The number of aliphatic hydroxyl groups excluding tert-OH is 1. The maximum atomic E-state index is 12.3. The van der Waals surface area contributed by atoms with Crippen molar-refractivity contribution in [2.75, 3.05) is 13.1 Å². The molecule has 1 amide bonds. The van der Waals surface area contributed by atoms with Crippen LogP contribution in [0.15, 0.2) is 48.5 Å². The summed E-state index contributed by atoms with van der Waals surface area (Å²) in [6.45, 7) is 3.31. The van der Waals surface area contributed by atoms with E-state index in [1.54, 1.807) is 24.3 Å². The summed E-state index contributed by atoms with van der Waals surface area (Å²) in [6.07, 6.45) is 0.174. The van der Waals surface area contributed by atoms with Crippen LogP contribution in [0.25, 0.3) is 0 Å². The average molecular weight is 326 g/mol. The molecule has 0 unspecified atom stereocenters. The molecule has 1 fully saturated rings. The van der Waals surface area contributed by atoms with Crippen molar-refractivity contribution >= 4 is 5.91 Å². The van der Waals surface area contributed by atoms with E-state index in [1.807, 2.05) is 31.2 Å². The number of amides is 1. The van der Waals surface area contributed by atoms with Crippen LogP contribution in [0.4, 0.5) is 0 Å². The summed E-state index contributed by atoms with van der Waals surface area (Å²) >= 11 is 0. The fourth-order valence-electron chi connectivity index (χ4n) is 2.75. The molecule has 1 aliphatic rings. The van der Waals surface area contributed by atoms with Crippen molar-refractivity contribution in [3.8, 4) is 11.5 Å². The van der Waals surface area contributed by atoms with Gasteiger partial charge in [0, 0.05) is 12.1 Å². The van der Waals surface area contributed by atoms with Crippen molar-refractivity contribution in [3.63, 3.8) is 0 Å². The molecule has 5 nitrogen and oxygen atoms in total. The molecule has 2 aromatic rings. The van der Waals surface area contributed by atoms with Gasteiger partial charge in [0.25, 0.3) is 5.91 Å². The Kier molecular flexibility index (Phi) is 5.13. The number of piperidine rings is 1. The molecule has 0 aliphatic carbocycles. The summed E-state index contributed by atoms with van der Waals surface area (Å²) in [5, 5.41) is 15.9. The Morgan fingerprint density at radius 2 is 2.00 bits per heavy atom. The van der Waals surface area contributed by atoms with E-state index in [9.17, 15) is 9.90 Å². The molecule has 3 rings (SSSR count). The minimum Gasteiger partial charge on any atom is -0.457 e. The van der Waals surface area contributed by atoms with Crippen LogP contribution in [0.1, 0.15) is 22.3 Å². The number of ether oxygens (including phenoxy) is 1. The van der Waals surface area contributed by atoms with E-state index in [2.05, 4.69) is 10.6 Å². The number of aryl methyl sites for hydroxylation is 1. The van der Waals surface area contributed by atoms with Gasteiger partial charge < -0.3 is 20.5 Å². The Morgan fingerprint density at radius 1 is 1.21 bits per heavy atom. The maximum Gasteiger partial charge on any atom is 0.251 e. The molecule has 126 valence electrons. The Labute approximate surface area is 141 Å². The van der Waals surface area contributed by atoms with Crippen molar-refractivity contribution in [3.05, 3.63) is 59.7 Å². The summed E-state index contributed by atoms with van der Waals surface area (Å²) in [5.74, 6) is 1.27. The lowest BCUT2D eigenvalue weighted by molar-refractivity contribution is 0.0765. The topological polar surface area (TPSA) is 70.6 Å². The maximum absolute atomic E-state index is 12.3. The van der Waals surface area contributed by atoms with Crippen molar-refractivity contribution in [2.24, 2.45) is 0 Å². The van der Waals surface area contributed by atoms with Crippen molar-refractivity contribution in [2.45, 2.75) is 25.5 Å². The van der Waals surface area contributed by atoms with E-state index in [4.69, 9.17) is 4.74 Å². The largest absolute Gasteiger partial charge is 0.457 e. The number of aliphatic hydroxyl groups is 1. The van der Waals surface area contributed by atoms with Crippen molar-refractivity contribution < 1.29 is 14.6 Å². The minimum absolute atomic E-state index is 0.178. The fraction of sp³-hybridized carbons (Fsp3) is 0.316. The van der Waals surface area contributed by atoms with E-state index in [-0.39, 0.29) is 11.9 Å². The summed E-state index contributed by atoms with van der Waals surface area (Å²) in [7, 11) is 0. The number of carbonyl (C=O) groups excluding carboxylic acids is 1. The lowest BCUT2D eigenvalue weighted by atomic mass is 10.0. The first-order valence-corrected chi connectivity index (χ1v) is 8.16. The fourth-order valence-corrected chi connectivity index (χ4v) is 2.75. The van der Waals surface area contributed by atoms with Crippen LogP contribution in [-0.4, -0.2) is 36.2 Å². The van der Waals surface area contributed by atoms with Gasteiger partial charge in [0.2, 0.25) is 0 Å². The van der Waals surface area contributed by atoms with E-state index in [0.717, 1.165) is 24.3 Å². The van der Waals surface area contributed by atoms with Gasteiger partial charge in [-0.25, -0.2) is 0 Å². The molecule has 2 aromatic carbocycles. The highest BCUT2D eigenvalue weighted by Gasteiger charge is 2.24. The van der Waals surface area contributed by atoms with Crippen molar-refractivity contribution in [1.29, 1.82) is 0 Å². The van der Waals surface area contributed by atoms with Crippen LogP contribution in [0.2, 0.25) is 0 Å². The van der Waals surface area contributed by atoms with Crippen LogP contribution in [0.5, 0.6) is 11.5 Å². The van der Waals surface area contributed by atoms with E-state index in [0.29, 0.717) is 17.9 Å². The number of carbonyl (C=O) groups is 1. The molecule has 0 radical (unpaired) electrons. The van der Waals surface area contributed by atoms with Gasteiger partial charge in [0.05, 0.1) is 12.1 Å². The van der Waals surface area contributed by atoms with Crippen LogP contribution in [-0.2, 0) is 0 Å². The quantitative estimate of drug-likeness (QED) is 0.806. The highest BCUT2D eigenvalue weighted by molar-refractivity contribution is 5.94. The third-order valence-electron chi connectivity index (χ3n) is 4.11. The predicted molar refractivity (Wildman–Crippen MR) is 92.4 cm³/mol. The Balaban J connectivity index is 1.62. The van der Waals surface area contributed by atoms with Gasteiger partial charge >= 0.3 is 0 Å². The van der Waals surface area contributed by atoms with Gasteiger partial charge in [-0.05, 0) is 61.9 Å². The van der Waals surface area contributed by atoms with Crippen LogP contribution in [0.3, 0.4) is 0 Å². The van der Waals surface area contributed by atoms with Gasteiger partial charge in [0.1, 0.15) is 11.5 Å². The van der Waals surface area contributed by atoms with Crippen molar-refractivity contribution in [1.82, 2.24) is 10.6 Å². The molecule has 2 atom stereocenters. The monoisotopic (exact) mass is 326 g/mol. The van der Waals surface area contributed by atoms with Gasteiger partial charge in [-0.3, -0.25) is 4.79 Å². The second kappa shape index (κ2) is 7.47. The molecule has 0 bridgehead atoms. The lowest BCUT2D eigenvalue weighted by Crippen LogP contribution is -2.52. The third kappa shape index (κ3) is 4.13. The molecule has 1 aliphatic heterocycles. The summed E-state index contributed by atoms with van der Waals surface area (Å²) in [6, 6.07) is 14.6. The molecule has 3 N–H and O–H groups in total. The number of rotatable bonds is 4. The molecule has 24 heavy (non-hydrogen) atoms. The number of hydrogen-bond donors (Lipinski definition) is 3. The van der Waals surface area contributed by atoms with Gasteiger partial charge in [0.15, 0.2) is 0 Å². The van der Waals surface area contributed by atoms with E-state index >= 15 is 0 Å². The molecule has 0 saturated carbocycles. The first-order valence-electron chi connectivity index (χ1n) is 8.16. The lowest BCUT2D eigenvalue weighted by Gasteiger charge is -2.29. The van der Waals surface area contributed by atoms with Gasteiger partial charge in [-0.2, -0.15) is 0 Å². The number of β-amino-alcohol motifs (C(OH)–C–C–N with tert-alkyl or cyclic N) is 1. The Hall–Kier alpha value is -2.37. The predicted octanol–water partition coefficient (Wildman–Crippen LogP) is 2.24. The van der Waals surface area contributed by atoms with E-state index < -0.39 is 6.10 Å².